The Morgan fingerprint density at radius 3 is 2.65 bits per heavy atom. The van der Waals surface area contributed by atoms with Gasteiger partial charge in [-0.25, -0.2) is 4.79 Å². The van der Waals surface area contributed by atoms with Gasteiger partial charge in [0.05, 0.1) is 7.11 Å². The largest absolute Gasteiger partial charge is 0.497 e. The van der Waals surface area contributed by atoms with E-state index < -0.39 is 5.97 Å². The van der Waals surface area contributed by atoms with E-state index >= 15 is 0 Å². The zero-order valence-corrected chi connectivity index (χ0v) is 9.98. The van der Waals surface area contributed by atoms with Crippen molar-refractivity contribution in [2.75, 3.05) is 7.11 Å². The summed E-state index contributed by atoms with van der Waals surface area (Å²) >= 11 is 0. The lowest BCUT2D eigenvalue weighted by Gasteiger charge is -2.00. The van der Waals surface area contributed by atoms with Crippen molar-refractivity contribution in [1.82, 2.24) is 0 Å². The minimum Gasteiger partial charge on any atom is -0.497 e. The van der Waals surface area contributed by atoms with Gasteiger partial charge in [0.15, 0.2) is 0 Å². The molecule has 0 fully saturated rings. The molecule has 0 saturated heterocycles. The number of aromatic carboxylic acids is 1. The first-order chi connectivity index (χ1) is 8.04. The zero-order chi connectivity index (χ0) is 12.6. The molecule has 0 radical (unpaired) electrons. The third kappa shape index (κ3) is 1.86. The van der Waals surface area contributed by atoms with Crippen molar-refractivity contribution in [2.45, 2.75) is 19.8 Å². The molecule has 2 aromatic rings. The molecule has 4 nitrogen and oxygen atoms in total. The maximum absolute atomic E-state index is 11.3. The number of furan rings is 1. The number of carboxylic acid groups (broad SMARTS) is 1. The van der Waals surface area contributed by atoms with E-state index in [1.165, 1.54) is 0 Å². The quantitative estimate of drug-likeness (QED) is 0.885. The molecule has 1 heterocycles. The van der Waals surface area contributed by atoms with Gasteiger partial charge in [-0.15, -0.1) is 0 Å². The summed E-state index contributed by atoms with van der Waals surface area (Å²) in [6.07, 6.45) is 0. The molecule has 90 valence electrons. The fraction of sp³-hybridized carbons (Fsp3) is 0.308. The highest BCUT2D eigenvalue weighted by Crippen LogP contribution is 2.32. The van der Waals surface area contributed by atoms with Gasteiger partial charge < -0.3 is 14.3 Å². The summed E-state index contributed by atoms with van der Waals surface area (Å²) < 4.78 is 10.7. The molecule has 0 bridgehead atoms. The van der Waals surface area contributed by atoms with E-state index in [4.69, 9.17) is 9.15 Å². The van der Waals surface area contributed by atoms with Crippen LogP contribution in [0.15, 0.2) is 22.6 Å². The van der Waals surface area contributed by atoms with Gasteiger partial charge in [-0.1, -0.05) is 13.8 Å². The van der Waals surface area contributed by atoms with Crippen LogP contribution in [-0.4, -0.2) is 18.2 Å². The van der Waals surface area contributed by atoms with Crippen LogP contribution in [0.3, 0.4) is 0 Å². The van der Waals surface area contributed by atoms with Crippen LogP contribution in [0.25, 0.3) is 11.0 Å². The van der Waals surface area contributed by atoms with E-state index in [9.17, 15) is 9.90 Å². The van der Waals surface area contributed by atoms with Crippen molar-refractivity contribution in [3.8, 4) is 5.75 Å². The summed E-state index contributed by atoms with van der Waals surface area (Å²) in [7, 11) is 1.56. The van der Waals surface area contributed by atoms with E-state index in [1.54, 1.807) is 25.3 Å². The van der Waals surface area contributed by atoms with Crippen LogP contribution in [0.5, 0.6) is 5.75 Å². The molecular weight excluding hydrogens is 220 g/mol. The Bertz CT molecular complexity index is 566. The van der Waals surface area contributed by atoms with E-state index in [0.29, 0.717) is 22.5 Å². The molecule has 4 heteroatoms. The standard InChI is InChI=1S/C13H14O4/c1-7(2)12-11(13(14)15)9-5-4-8(16-3)6-10(9)17-12/h4-7H,1-3H3,(H,14,15). The summed E-state index contributed by atoms with van der Waals surface area (Å²) in [5.74, 6) is 0.219. The summed E-state index contributed by atoms with van der Waals surface area (Å²) in [6.45, 7) is 3.81. The maximum Gasteiger partial charge on any atom is 0.339 e. The lowest BCUT2D eigenvalue weighted by atomic mass is 10.0. The zero-order valence-electron chi connectivity index (χ0n) is 9.98. The molecule has 0 aliphatic rings. The summed E-state index contributed by atoms with van der Waals surface area (Å²) in [4.78, 5) is 11.3. The van der Waals surface area contributed by atoms with Crippen LogP contribution in [-0.2, 0) is 0 Å². The van der Waals surface area contributed by atoms with E-state index in [2.05, 4.69) is 0 Å². The monoisotopic (exact) mass is 234 g/mol. The molecule has 1 aromatic heterocycles. The summed E-state index contributed by atoms with van der Waals surface area (Å²) in [5, 5.41) is 9.85. The Kier molecular flexibility index (Phi) is 2.79. The van der Waals surface area contributed by atoms with Crippen LogP contribution in [0.1, 0.15) is 35.9 Å². The number of carbonyl (C=O) groups is 1. The van der Waals surface area contributed by atoms with Gasteiger partial charge in [-0.05, 0) is 12.1 Å². The van der Waals surface area contributed by atoms with Crippen molar-refractivity contribution >= 4 is 16.9 Å². The molecule has 0 aliphatic heterocycles. The molecule has 2 rings (SSSR count). The Morgan fingerprint density at radius 2 is 2.12 bits per heavy atom. The smallest absolute Gasteiger partial charge is 0.339 e. The molecule has 0 spiro atoms. The number of ether oxygens (including phenoxy) is 1. The van der Waals surface area contributed by atoms with Gasteiger partial charge in [0.1, 0.15) is 22.7 Å². The van der Waals surface area contributed by atoms with Crippen molar-refractivity contribution in [3.63, 3.8) is 0 Å². The number of fused-ring (bicyclic) bond motifs is 1. The van der Waals surface area contributed by atoms with Crippen molar-refractivity contribution in [3.05, 3.63) is 29.5 Å². The molecule has 1 aromatic carbocycles. The molecule has 0 aliphatic carbocycles. The second-order valence-corrected chi connectivity index (χ2v) is 4.16. The molecule has 0 atom stereocenters. The molecule has 0 unspecified atom stereocenters. The van der Waals surface area contributed by atoms with Gasteiger partial charge in [0.2, 0.25) is 0 Å². The highest BCUT2D eigenvalue weighted by Gasteiger charge is 2.22. The van der Waals surface area contributed by atoms with Crippen LogP contribution < -0.4 is 4.74 Å². The lowest BCUT2D eigenvalue weighted by Crippen LogP contribution is -2.00. The van der Waals surface area contributed by atoms with Gasteiger partial charge in [0.25, 0.3) is 0 Å². The van der Waals surface area contributed by atoms with Crippen LogP contribution in [0.4, 0.5) is 0 Å². The second-order valence-electron chi connectivity index (χ2n) is 4.16. The average Bonchev–Trinajstić information content (AvgIpc) is 2.66. The summed E-state index contributed by atoms with van der Waals surface area (Å²) in [6, 6.07) is 5.15. The van der Waals surface area contributed by atoms with E-state index in [0.717, 1.165) is 0 Å². The first kappa shape index (κ1) is 11.5. The Labute approximate surface area is 98.8 Å². The third-order valence-corrected chi connectivity index (χ3v) is 2.66. The van der Waals surface area contributed by atoms with Gasteiger partial charge in [0, 0.05) is 17.4 Å². The van der Waals surface area contributed by atoms with Gasteiger partial charge in [-0.2, -0.15) is 0 Å². The van der Waals surface area contributed by atoms with Crippen LogP contribution in [0.2, 0.25) is 0 Å². The van der Waals surface area contributed by atoms with Crippen molar-refractivity contribution in [1.29, 1.82) is 0 Å². The maximum atomic E-state index is 11.3. The molecule has 17 heavy (non-hydrogen) atoms. The molecule has 1 N–H and O–H groups in total. The number of carboxylic acids is 1. The number of methoxy groups -OCH3 is 1. The summed E-state index contributed by atoms with van der Waals surface area (Å²) in [5.41, 5.74) is 0.795. The molecular formula is C13H14O4. The minimum absolute atomic E-state index is 0.0273. The van der Waals surface area contributed by atoms with Crippen molar-refractivity contribution < 1.29 is 19.1 Å². The Morgan fingerprint density at radius 1 is 1.41 bits per heavy atom. The van der Waals surface area contributed by atoms with E-state index in [-0.39, 0.29) is 11.5 Å². The number of hydrogen-bond donors (Lipinski definition) is 1. The fourth-order valence-electron chi connectivity index (χ4n) is 1.85. The third-order valence-electron chi connectivity index (χ3n) is 2.66. The fourth-order valence-corrected chi connectivity index (χ4v) is 1.85. The van der Waals surface area contributed by atoms with Gasteiger partial charge >= 0.3 is 5.97 Å². The number of rotatable bonds is 3. The number of benzene rings is 1. The topological polar surface area (TPSA) is 59.7 Å². The first-order valence-corrected chi connectivity index (χ1v) is 5.38. The van der Waals surface area contributed by atoms with Gasteiger partial charge in [-0.3, -0.25) is 0 Å². The number of hydrogen-bond acceptors (Lipinski definition) is 3. The Hall–Kier alpha value is -1.97. The average molecular weight is 234 g/mol. The predicted molar refractivity (Wildman–Crippen MR) is 63.8 cm³/mol. The highest BCUT2D eigenvalue weighted by atomic mass is 16.5. The SMILES string of the molecule is COc1ccc2c(C(=O)O)c(C(C)C)oc2c1. The normalized spacial score (nSPS) is 11.1. The predicted octanol–water partition coefficient (Wildman–Crippen LogP) is 3.26. The van der Waals surface area contributed by atoms with E-state index in [1.807, 2.05) is 13.8 Å². The lowest BCUT2D eigenvalue weighted by molar-refractivity contribution is 0.0695. The van der Waals surface area contributed by atoms with Crippen molar-refractivity contribution in [2.24, 2.45) is 0 Å². The first-order valence-electron chi connectivity index (χ1n) is 5.38. The molecule has 0 amide bonds. The van der Waals surface area contributed by atoms with Crippen LogP contribution in [0, 0.1) is 0 Å². The second kappa shape index (κ2) is 4.13. The van der Waals surface area contributed by atoms with Crippen LogP contribution >= 0.6 is 0 Å². The molecule has 0 saturated carbocycles. The Balaban J connectivity index is 2.74. The minimum atomic E-state index is -0.961. The highest BCUT2D eigenvalue weighted by molar-refractivity contribution is 6.04.